The van der Waals surface area contributed by atoms with Crippen LogP contribution in [0.1, 0.15) is 5.56 Å². The Kier molecular flexibility index (Phi) is 4.72. The first-order chi connectivity index (χ1) is 7.52. The van der Waals surface area contributed by atoms with Gasteiger partial charge in [0.15, 0.2) is 0 Å². The molecule has 16 heavy (non-hydrogen) atoms. The molecule has 0 heterocycles. The number of amides is 1. The largest absolute Gasteiger partial charge is 0.506 e. The van der Waals surface area contributed by atoms with E-state index in [9.17, 15) is 9.90 Å². The third-order valence-corrected chi connectivity index (χ3v) is 2.69. The van der Waals surface area contributed by atoms with Crippen LogP contribution in [-0.4, -0.2) is 28.8 Å². The van der Waals surface area contributed by atoms with Crippen LogP contribution in [0.3, 0.4) is 0 Å². The molecule has 0 radical (unpaired) electrons. The van der Waals surface area contributed by atoms with E-state index in [0.29, 0.717) is 16.6 Å². The predicted octanol–water partition coefficient (Wildman–Crippen LogP) is 0.0905. The van der Waals surface area contributed by atoms with Gasteiger partial charge in [0, 0.05) is 18.7 Å². The molecule has 1 rings (SSSR count). The first kappa shape index (κ1) is 13.0. The molecule has 0 spiro atoms. The molecule has 6 heteroatoms. The maximum absolute atomic E-state index is 10.5. The fraction of sp³-hybridized carbons (Fsp3) is 0.300. The van der Waals surface area contributed by atoms with Gasteiger partial charge in [-0.25, -0.2) is 0 Å². The van der Waals surface area contributed by atoms with Crippen molar-refractivity contribution in [3.05, 3.63) is 28.2 Å². The Labute approximate surface area is 101 Å². The SMILES string of the molecule is NC(=O)C(O)CNCc1cccc(Br)c1O. The zero-order valence-electron chi connectivity index (χ0n) is 8.48. The van der Waals surface area contributed by atoms with E-state index in [-0.39, 0.29) is 12.3 Å². The van der Waals surface area contributed by atoms with Gasteiger partial charge in [-0.15, -0.1) is 0 Å². The summed E-state index contributed by atoms with van der Waals surface area (Å²) >= 11 is 3.19. The van der Waals surface area contributed by atoms with Crippen molar-refractivity contribution in [1.29, 1.82) is 0 Å². The number of aromatic hydroxyl groups is 1. The summed E-state index contributed by atoms with van der Waals surface area (Å²) in [6.07, 6.45) is -1.21. The average Bonchev–Trinajstić information content (AvgIpc) is 2.24. The minimum absolute atomic E-state index is 0.0568. The second-order valence-electron chi connectivity index (χ2n) is 3.30. The van der Waals surface area contributed by atoms with Crippen molar-refractivity contribution in [1.82, 2.24) is 5.32 Å². The molecule has 0 aliphatic carbocycles. The van der Waals surface area contributed by atoms with E-state index in [0.717, 1.165) is 0 Å². The van der Waals surface area contributed by atoms with E-state index in [2.05, 4.69) is 21.2 Å². The van der Waals surface area contributed by atoms with E-state index in [1.165, 1.54) is 0 Å². The van der Waals surface area contributed by atoms with Crippen LogP contribution in [0.25, 0.3) is 0 Å². The minimum Gasteiger partial charge on any atom is -0.506 e. The maximum Gasteiger partial charge on any atom is 0.247 e. The number of para-hydroxylation sites is 1. The first-order valence-corrected chi connectivity index (χ1v) is 5.46. The van der Waals surface area contributed by atoms with Gasteiger partial charge < -0.3 is 21.3 Å². The molecule has 1 amide bonds. The molecule has 0 fully saturated rings. The highest BCUT2D eigenvalue weighted by Crippen LogP contribution is 2.26. The van der Waals surface area contributed by atoms with Crippen LogP contribution in [0.4, 0.5) is 0 Å². The first-order valence-electron chi connectivity index (χ1n) is 4.67. The summed E-state index contributed by atoms with van der Waals surface area (Å²) in [5.41, 5.74) is 5.56. The Morgan fingerprint density at radius 1 is 1.56 bits per heavy atom. The van der Waals surface area contributed by atoms with Gasteiger partial charge in [0.1, 0.15) is 11.9 Å². The number of halogens is 1. The monoisotopic (exact) mass is 288 g/mol. The second kappa shape index (κ2) is 5.83. The topological polar surface area (TPSA) is 95.6 Å². The molecule has 0 aliphatic heterocycles. The number of aliphatic hydroxyl groups is 1. The Hall–Kier alpha value is -1.11. The van der Waals surface area contributed by atoms with Gasteiger partial charge in [-0.1, -0.05) is 12.1 Å². The number of aliphatic hydroxyl groups excluding tert-OH is 1. The third kappa shape index (κ3) is 3.48. The highest BCUT2D eigenvalue weighted by Gasteiger charge is 2.10. The van der Waals surface area contributed by atoms with Gasteiger partial charge in [-0.2, -0.15) is 0 Å². The second-order valence-corrected chi connectivity index (χ2v) is 4.15. The van der Waals surface area contributed by atoms with Crippen LogP contribution in [0.2, 0.25) is 0 Å². The lowest BCUT2D eigenvalue weighted by Crippen LogP contribution is -2.37. The van der Waals surface area contributed by atoms with Crippen molar-refractivity contribution in [2.75, 3.05) is 6.54 Å². The number of nitrogens with two attached hydrogens (primary N) is 1. The van der Waals surface area contributed by atoms with E-state index in [1.807, 2.05) is 0 Å². The van der Waals surface area contributed by atoms with Gasteiger partial charge >= 0.3 is 0 Å². The number of hydrogen-bond acceptors (Lipinski definition) is 4. The fourth-order valence-corrected chi connectivity index (χ4v) is 1.55. The van der Waals surface area contributed by atoms with Crippen molar-refractivity contribution in [3.63, 3.8) is 0 Å². The van der Waals surface area contributed by atoms with Crippen LogP contribution in [-0.2, 0) is 11.3 Å². The summed E-state index contributed by atoms with van der Waals surface area (Å²) in [4.78, 5) is 10.5. The lowest BCUT2D eigenvalue weighted by molar-refractivity contribution is -0.125. The maximum atomic E-state index is 10.5. The minimum atomic E-state index is -1.21. The molecule has 1 atom stereocenters. The van der Waals surface area contributed by atoms with Crippen LogP contribution in [0, 0.1) is 0 Å². The van der Waals surface area contributed by atoms with Gasteiger partial charge in [-0.05, 0) is 22.0 Å². The van der Waals surface area contributed by atoms with Crippen molar-refractivity contribution in [3.8, 4) is 5.75 Å². The van der Waals surface area contributed by atoms with Crippen molar-refractivity contribution in [2.45, 2.75) is 12.6 Å². The molecule has 5 N–H and O–H groups in total. The van der Waals surface area contributed by atoms with Crippen LogP contribution >= 0.6 is 15.9 Å². The summed E-state index contributed by atoms with van der Waals surface area (Å²) in [5, 5.41) is 21.6. The Morgan fingerprint density at radius 3 is 2.88 bits per heavy atom. The Balaban J connectivity index is 2.49. The third-order valence-electron chi connectivity index (χ3n) is 2.05. The highest BCUT2D eigenvalue weighted by molar-refractivity contribution is 9.10. The summed E-state index contributed by atoms with van der Waals surface area (Å²) in [6, 6.07) is 5.24. The van der Waals surface area contributed by atoms with Crippen molar-refractivity contribution >= 4 is 21.8 Å². The van der Waals surface area contributed by atoms with Crippen molar-refractivity contribution < 1.29 is 15.0 Å². The van der Waals surface area contributed by atoms with Crippen LogP contribution < -0.4 is 11.1 Å². The Morgan fingerprint density at radius 2 is 2.25 bits per heavy atom. The van der Waals surface area contributed by atoms with E-state index < -0.39 is 12.0 Å². The molecular formula is C10H13BrN2O3. The molecule has 88 valence electrons. The number of phenolic OH excluding ortho intramolecular Hbond substituents is 1. The molecule has 1 unspecified atom stereocenters. The van der Waals surface area contributed by atoms with Gasteiger partial charge in [0.05, 0.1) is 4.47 Å². The summed E-state index contributed by atoms with van der Waals surface area (Å²) < 4.78 is 0.599. The van der Waals surface area contributed by atoms with Crippen molar-refractivity contribution in [2.24, 2.45) is 5.73 Å². The van der Waals surface area contributed by atoms with Gasteiger partial charge in [-0.3, -0.25) is 4.79 Å². The van der Waals surface area contributed by atoms with Crippen LogP contribution in [0.5, 0.6) is 5.75 Å². The molecular weight excluding hydrogens is 276 g/mol. The number of carbonyl (C=O) groups excluding carboxylic acids is 1. The normalized spacial score (nSPS) is 12.4. The smallest absolute Gasteiger partial charge is 0.247 e. The average molecular weight is 289 g/mol. The molecule has 1 aromatic carbocycles. The molecule has 0 aliphatic rings. The molecule has 0 saturated heterocycles. The lowest BCUT2D eigenvalue weighted by Gasteiger charge is -2.10. The quantitative estimate of drug-likeness (QED) is 0.618. The zero-order valence-corrected chi connectivity index (χ0v) is 10.1. The molecule has 1 aromatic rings. The number of carbonyl (C=O) groups is 1. The number of benzene rings is 1. The van der Waals surface area contributed by atoms with Crippen LogP contribution in [0.15, 0.2) is 22.7 Å². The standard InChI is InChI=1S/C10H13BrN2O3/c11-7-3-1-2-6(9(7)15)4-13-5-8(14)10(12)16/h1-3,8,13-15H,4-5H2,(H2,12,16). The van der Waals surface area contributed by atoms with E-state index in [1.54, 1.807) is 18.2 Å². The number of hydrogen-bond donors (Lipinski definition) is 4. The molecule has 0 saturated carbocycles. The number of phenols is 1. The van der Waals surface area contributed by atoms with Gasteiger partial charge in [0.2, 0.25) is 5.91 Å². The predicted molar refractivity (Wildman–Crippen MR) is 62.7 cm³/mol. The summed E-state index contributed by atoms with van der Waals surface area (Å²) in [5.74, 6) is -0.630. The van der Waals surface area contributed by atoms with E-state index in [4.69, 9.17) is 10.8 Å². The zero-order chi connectivity index (χ0) is 12.1. The summed E-state index contributed by atoms with van der Waals surface area (Å²) in [7, 11) is 0. The lowest BCUT2D eigenvalue weighted by atomic mass is 10.2. The molecule has 5 nitrogen and oxygen atoms in total. The van der Waals surface area contributed by atoms with Gasteiger partial charge in [0.25, 0.3) is 0 Å². The van der Waals surface area contributed by atoms with E-state index >= 15 is 0 Å². The molecule has 0 bridgehead atoms. The highest BCUT2D eigenvalue weighted by atomic mass is 79.9. The number of primary amides is 1. The number of nitrogens with one attached hydrogen (secondary N) is 1. The summed E-state index contributed by atoms with van der Waals surface area (Å²) in [6.45, 7) is 0.400. The fourth-order valence-electron chi connectivity index (χ4n) is 1.15. The Bertz CT molecular complexity index is 384. The molecule has 0 aromatic heterocycles. The number of rotatable bonds is 5.